The number of carbonyl (C=O) groups is 4. The normalized spacial score (nSPS) is 28.6. The summed E-state index contributed by atoms with van der Waals surface area (Å²) in [5.74, 6) is -1.83. The maximum atomic E-state index is 14.8. The molecule has 2 saturated carbocycles. The predicted octanol–water partition coefficient (Wildman–Crippen LogP) is 4.54. The molecule has 4 rings (SSSR count). The molecule has 2 aliphatic heterocycles. The fourth-order valence-corrected chi connectivity index (χ4v) is 9.35. The molecule has 2 spiro atoms. The average Bonchev–Trinajstić information content (AvgIpc) is 3.16. The first kappa shape index (κ1) is 37.2. The molecule has 266 valence electrons. The van der Waals surface area contributed by atoms with Crippen LogP contribution < -0.4 is 16.0 Å². The number of amides is 3. The highest BCUT2D eigenvalue weighted by atomic mass is 16.4. The van der Waals surface area contributed by atoms with Crippen LogP contribution in [0, 0.1) is 33.0 Å². The summed E-state index contributed by atoms with van der Waals surface area (Å²) in [7, 11) is 2.10. The van der Waals surface area contributed by atoms with Crippen molar-refractivity contribution >= 4 is 23.7 Å². The van der Waals surface area contributed by atoms with Crippen molar-refractivity contribution in [3.05, 3.63) is 12.3 Å². The highest BCUT2D eigenvalue weighted by molar-refractivity contribution is 5.95. The largest absolute Gasteiger partial charge is 0.480 e. The number of piperidine rings is 1. The maximum absolute atomic E-state index is 14.8. The van der Waals surface area contributed by atoms with E-state index in [1.165, 1.54) is 0 Å². The lowest BCUT2D eigenvalue weighted by molar-refractivity contribution is -0.146. The number of carboxylic acid groups (broad SMARTS) is 1. The first-order chi connectivity index (χ1) is 21.6. The summed E-state index contributed by atoms with van der Waals surface area (Å²) in [5.41, 5.74) is -0.473. The van der Waals surface area contributed by atoms with Crippen LogP contribution in [0.2, 0.25) is 0 Å². The summed E-state index contributed by atoms with van der Waals surface area (Å²) in [6.45, 7) is 24.9. The van der Waals surface area contributed by atoms with Gasteiger partial charge in [0.05, 0.1) is 0 Å². The summed E-state index contributed by atoms with van der Waals surface area (Å²) in [6.07, 6.45) is 6.79. The van der Waals surface area contributed by atoms with Crippen molar-refractivity contribution in [1.82, 2.24) is 25.8 Å². The van der Waals surface area contributed by atoms with Crippen LogP contribution in [0.25, 0.3) is 0 Å². The highest BCUT2D eigenvalue weighted by Crippen LogP contribution is 2.88. The molecule has 0 aromatic carbocycles. The number of aliphatic carboxylic acids is 1. The molecule has 2 heterocycles. The fraction of sp³-hybridized carbons (Fsp3) is 0.838. The van der Waals surface area contributed by atoms with Gasteiger partial charge < -0.3 is 30.9 Å². The van der Waals surface area contributed by atoms with Gasteiger partial charge in [-0.05, 0) is 73.8 Å². The predicted molar refractivity (Wildman–Crippen MR) is 184 cm³/mol. The first-order valence-electron chi connectivity index (χ1n) is 17.9. The monoisotopic (exact) mass is 657 g/mol. The van der Waals surface area contributed by atoms with Gasteiger partial charge in [-0.25, -0.2) is 4.79 Å². The second-order valence-corrected chi connectivity index (χ2v) is 17.9. The second-order valence-electron chi connectivity index (χ2n) is 17.9. The number of hydrogen-bond acceptors (Lipinski definition) is 6. The van der Waals surface area contributed by atoms with Gasteiger partial charge in [0.15, 0.2) is 0 Å². The van der Waals surface area contributed by atoms with Gasteiger partial charge in [0.25, 0.3) is 0 Å². The zero-order valence-corrected chi connectivity index (χ0v) is 30.8. The average molecular weight is 658 g/mol. The second kappa shape index (κ2) is 13.0. The van der Waals surface area contributed by atoms with Crippen LogP contribution in [0.15, 0.2) is 12.3 Å². The van der Waals surface area contributed by atoms with Crippen LogP contribution in [0.3, 0.4) is 0 Å². The summed E-state index contributed by atoms with van der Waals surface area (Å²) < 4.78 is 0. The third-order valence-corrected chi connectivity index (χ3v) is 12.6. The summed E-state index contributed by atoms with van der Waals surface area (Å²) in [4.78, 5) is 58.9. The van der Waals surface area contributed by atoms with E-state index in [-0.39, 0.29) is 34.0 Å². The third-order valence-electron chi connectivity index (χ3n) is 12.6. The number of nitrogens with zero attached hydrogens (tertiary/aromatic N) is 2. The van der Waals surface area contributed by atoms with Gasteiger partial charge in [-0.15, -0.1) is 0 Å². The summed E-state index contributed by atoms with van der Waals surface area (Å²) >= 11 is 0. The molecule has 3 amide bonds. The Labute approximate surface area is 283 Å². The lowest BCUT2D eigenvalue weighted by Crippen LogP contribution is -2.62. The number of carbonyl (C=O) groups excluding carboxylic acids is 3. The smallest absolute Gasteiger partial charge is 0.326 e. The van der Waals surface area contributed by atoms with E-state index >= 15 is 0 Å². The van der Waals surface area contributed by atoms with E-state index in [0.717, 1.165) is 50.9 Å². The van der Waals surface area contributed by atoms with E-state index in [1.807, 2.05) is 48.5 Å². The van der Waals surface area contributed by atoms with Gasteiger partial charge in [-0.1, -0.05) is 81.7 Å². The van der Waals surface area contributed by atoms with Crippen molar-refractivity contribution in [2.75, 3.05) is 26.7 Å². The van der Waals surface area contributed by atoms with Crippen LogP contribution in [0.4, 0.5) is 0 Å². The van der Waals surface area contributed by atoms with Crippen LogP contribution in [0.1, 0.15) is 114 Å². The Kier molecular flexibility index (Phi) is 10.3. The Morgan fingerprint density at radius 1 is 0.936 bits per heavy atom. The number of hydrogen-bond donors (Lipinski definition) is 4. The molecule has 10 nitrogen and oxygen atoms in total. The molecule has 4 N–H and O–H groups in total. The Hall–Kier alpha value is -2.62. The van der Waals surface area contributed by atoms with Gasteiger partial charge in [-0.2, -0.15) is 0 Å². The van der Waals surface area contributed by atoms with E-state index in [2.05, 4.69) is 48.3 Å². The quantitative estimate of drug-likeness (QED) is 0.257. The molecular formula is C37H63N5O5. The molecule has 4 fully saturated rings. The molecule has 47 heavy (non-hydrogen) atoms. The SMILES string of the molecule is C=C(NC(C(=O)N[C@@H](C(=O)N1CC2(CC1C(=O)N[C@H](CCC)C(=O)O)C(C)(C)C21CCC1)C(C)(C)C)C(C)(C)C)[C@H]1CCCN(C)C1. The van der Waals surface area contributed by atoms with E-state index in [0.29, 0.717) is 25.8 Å². The van der Waals surface area contributed by atoms with Crippen LogP contribution in [0.5, 0.6) is 0 Å². The zero-order chi connectivity index (χ0) is 35.3. The maximum Gasteiger partial charge on any atom is 0.326 e. The molecule has 0 aromatic rings. The van der Waals surface area contributed by atoms with Gasteiger partial charge in [0, 0.05) is 30.1 Å². The molecule has 6 atom stereocenters. The number of nitrogens with one attached hydrogen (secondary N) is 3. The lowest BCUT2D eigenvalue weighted by Gasteiger charge is -2.39. The number of likely N-dealkylation sites (tertiary alicyclic amines) is 2. The first-order valence-corrected chi connectivity index (χ1v) is 17.9. The Morgan fingerprint density at radius 3 is 2.02 bits per heavy atom. The van der Waals surface area contributed by atoms with E-state index in [1.54, 1.807) is 4.90 Å². The molecule has 0 bridgehead atoms. The van der Waals surface area contributed by atoms with Crippen molar-refractivity contribution < 1.29 is 24.3 Å². The van der Waals surface area contributed by atoms with E-state index < -0.39 is 46.9 Å². The third kappa shape index (κ3) is 6.69. The van der Waals surface area contributed by atoms with Crippen molar-refractivity contribution in [3.63, 3.8) is 0 Å². The van der Waals surface area contributed by atoms with Gasteiger partial charge >= 0.3 is 5.97 Å². The van der Waals surface area contributed by atoms with Crippen LogP contribution in [-0.4, -0.2) is 89.4 Å². The highest BCUT2D eigenvalue weighted by Gasteiger charge is 2.85. The van der Waals surface area contributed by atoms with E-state index in [9.17, 15) is 24.3 Å². The number of fused-ring (bicyclic) bond motifs is 1. The van der Waals surface area contributed by atoms with Gasteiger partial charge in [-0.3, -0.25) is 14.4 Å². The standard InChI is InChI=1S/C37H63N5O5/c1-12-15-25(32(46)47)39-29(43)26-20-37(35(9,10)36(37)17-14-18-36)22-42(26)31(45)28(34(6,7)8)40-30(44)27(33(3,4)5)38-23(2)24-16-13-19-41(11)21-24/h24-28,38H,2,12-22H2,1,3-11H3,(H,39,43)(H,40,44)(H,46,47)/t24-,25+,26?,27?,28-,37?/m0/s1. The molecular weight excluding hydrogens is 594 g/mol. The van der Waals surface area contributed by atoms with E-state index in [4.69, 9.17) is 0 Å². The number of rotatable bonds is 11. The minimum atomic E-state index is -1.07. The Bertz CT molecular complexity index is 1240. The molecule has 2 aliphatic carbocycles. The van der Waals surface area contributed by atoms with Crippen LogP contribution >= 0.6 is 0 Å². The van der Waals surface area contributed by atoms with Gasteiger partial charge in [0.2, 0.25) is 17.7 Å². The molecule has 3 unspecified atom stereocenters. The molecule has 2 saturated heterocycles. The minimum absolute atomic E-state index is 0.0449. The molecule has 0 radical (unpaired) electrons. The summed E-state index contributed by atoms with van der Waals surface area (Å²) in [6, 6.07) is -3.34. The molecule has 0 aromatic heterocycles. The topological polar surface area (TPSA) is 131 Å². The van der Waals surface area contributed by atoms with Gasteiger partial charge in [0.1, 0.15) is 24.2 Å². The molecule has 4 aliphatic rings. The number of carboxylic acids is 1. The Balaban J connectivity index is 1.61. The zero-order valence-electron chi connectivity index (χ0n) is 30.8. The minimum Gasteiger partial charge on any atom is -0.480 e. The van der Waals surface area contributed by atoms with Crippen molar-refractivity contribution in [3.8, 4) is 0 Å². The molecule has 10 heteroatoms. The lowest BCUT2D eigenvalue weighted by atomic mass is 9.73. The van der Waals surface area contributed by atoms with Crippen molar-refractivity contribution in [1.29, 1.82) is 0 Å². The van der Waals surface area contributed by atoms with Crippen molar-refractivity contribution in [2.24, 2.45) is 33.0 Å². The summed E-state index contributed by atoms with van der Waals surface area (Å²) in [5, 5.41) is 19.2. The van der Waals surface area contributed by atoms with Crippen molar-refractivity contribution in [2.45, 2.75) is 138 Å². The van der Waals surface area contributed by atoms with Crippen LogP contribution in [-0.2, 0) is 19.2 Å². The Morgan fingerprint density at radius 2 is 1.55 bits per heavy atom. The fourth-order valence-electron chi connectivity index (χ4n) is 9.35.